The summed E-state index contributed by atoms with van der Waals surface area (Å²) in [5.41, 5.74) is 3.34. The van der Waals surface area contributed by atoms with E-state index >= 15 is 0 Å². The molecule has 1 aromatic carbocycles. The van der Waals surface area contributed by atoms with Gasteiger partial charge < -0.3 is 4.98 Å². The lowest BCUT2D eigenvalue weighted by Gasteiger charge is -2.05. The maximum absolute atomic E-state index is 8.95. The highest BCUT2D eigenvalue weighted by Crippen LogP contribution is 2.18. The first-order chi connectivity index (χ1) is 8.65. The first kappa shape index (κ1) is 12.9. The molecule has 0 fully saturated rings. The molecule has 3 nitrogen and oxygen atoms in total. The zero-order valence-corrected chi connectivity index (χ0v) is 12.1. The molecule has 1 aromatic heterocycles. The van der Waals surface area contributed by atoms with E-state index in [2.05, 4.69) is 32.0 Å². The highest BCUT2D eigenvalue weighted by Gasteiger charge is 2.06. The summed E-state index contributed by atoms with van der Waals surface area (Å²) in [5.74, 6) is 0.692. The second kappa shape index (κ2) is 5.42. The van der Waals surface area contributed by atoms with E-state index in [4.69, 9.17) is 17.5 Å². The van der Waals surface area contributed by atoms with Gasteiger partial charge in [-0.1, -0.05) is 52.4 Å². The summed E-state index contributed by atoms with van der Waals surface area (Å²) in [7, 11) is 0. The van der Waals surface area contributed by atoms with Gasteiger partial charge in [-0.05, 0) is 12.5 Å². The Morgan fingerprint density at radius 1 is 1.39 bits per heavy atom. The molecule has 1 N–H and O–H groups in total. The van der Waals surface area contributed by atoms with Gasteiger partial charge in [0.15, 0.2) is 0 Å². The third kappa shape index (κ3) is 2.50. The summed E-state index contributed by atoms with van der Waals surface area (Å²) in [5, 5.41) is 9.77. The van der Waals surface area contributed by atoms with Crippen LogP contribution >= 0.6 is 28.1 Å². The predicted octanol–water partition coefficient (Wildman–Crippen LogP) is 3.88. The SMILES string of the molecule is Cc1[nH]c(-c2ccc(CBr)cc2)nc(=S)c1C#N. The molecule has 90 valence electrons. The Morgan fingerprint density at radius 3 is 2.56 bits per heavy atom. The Balaban J connectivity index is 2.52. The summed E-state index contributed by atoms with van der Waals surface area (Å²) in [6.45, 7) is 1.83. The number of aromatic amines is 1. The van der Waals surface area contributed by atoms with E-state index in [0.717, 1.165) is 16.6 Å². The molecule has 0 amide bonds. The second-order valence-electron chi connectivity index (χ2n) is 3.83. The number of nitrogens with one attached hydrogen (secondary N) is 1. The molecule has 5 heteroatoms. The molecule has 0 aliphatic carbocycles. The van der Waals surface area contributed by atoms with Crippen molar-refractivity contribution in [1.29, 1.82) is 5.26 Å². The van der Waals surface area contributed by atoms with Crippen LogP contribution in [0.5, 0.6) is 0 Å². The Hall–Kier alpha value is -1.51. The summed E-state index contributed by atoms with van der Waals surface area (Å²) >= 11 is 8.52. The van der Waals surface area contributed by atoms with E-state index in [9.17, 15) is 0 Å². The zero-order chi connectivity index (χ0) is 13.1. The lowest BCUT2D eigenvalue weighted by molar-refractivity contribution is 1.08. The molecule has 0 saturated heterocycles. The smallest absolute Gasteiger partial charge is 0.148 e. The van der Waals surface area contributed by atoms with Crippen LogP contribution in [-0.2, 0) is 5.33 Å². The Kier molecular flexibility index (Phi) is 3.90. The van der Waals surface area contributed by atoms with E-state index in [-0.39, 0.29) is 0 Å². The number of aryl methyl sites for hydroxylation is 1. The van der Waals surface area contributed by atoms with Gasteiger partial charge in [-0.15, -0.1) is 0 Å². The fraction of sp³-hybridized carbons (Fsp3) is 0.154. The van der Waals surface area contributed by atoms with Gasteiger partial charge in [0, 0.05) is 16.6 Å². The number of hydrogen-bond donors (Lipinski definition) is 1. The number of halogens is 1. The molecule has 0 unspecified atom stereocenters. The number of aromatic nitrogens is 2. The molecule has 18 heavy (non-hydrogen) atoms. The van der Waals surface area contributed by atoms with Gasteiger partial charge in [0.1, 0.15) is 22.1 Å². The molecule has 2 aromatic rings. The molecule has 0 bridgehead atoms. The van der Waals surface area contributed by atoms with E-state index < -0.39 is 0 Å². The largest absolute Gasteiger partial charge is 0.342 e. The first-order valence-corrected chi connectivity index (χ1v) is 6.85. The van der Waals surface area contributed by atoms with Crippen molar-refractivity contribution in [2.45, 2.75) is 12.3 Å². The average Bonchev–Trinajstić information content (AvgIpc) is 2.38. The van der Waals surface area contributed by atoms with E-state index in [1.165, 1.54) is 5.56 Å². The van der Waals surface area contributed by atoms with Crippen LogP contribution in [0.15, 0.2) is 24.3 Å². The Morgan fingerprint density at radius 2 is 2.06 bits per heavy atom. The van der Waals surface area contributed by atoms with E-state index in [1.807, 2.05) is 31.2 Å². The van der Waals surface area contributed by atoms with Gasteiger partial charge in [-0.2, -0.15) is 5.26 Å². The molecule has 0 radical (unpaired) electrons. The number of hydrogen-bond acceptors (Lipinski definition) is 3. The van der Waals surface area contributed by atoms with Crippen LogP contribution in [0, 0.1) is 22.9 Å². The second-order valence-corrected chi connectivity index (χ2v) is 4.78. The number of nitriles is 1. The molecule has 0 saturated carbocycles. The van der Waals surface area contributed by atoms with Crippen molar-refractivity contribution in [3.63, 3.8) is 0 Å². The van der Waals surface area contributed by atoms with Crippen LogP contribution < -0.4 is 0 Å². The van der Waals surface area contributed by atoms with Crippen molar-refractivity contribution in [2.24, 2.45) is 0 Å². The minimum absolute atomic E-state index is 0.341. The van der Waals surface area contributed by atoms with Gasteiger partial charge in [-0.3, -0.25) is 0 Å². The van der Waals surface area contributed by atoms with Crippen LogP contribution in [-0.4, -0.2) is 9.97 Å². The number of rotatable bonds is 2. The molecule has 0 aliphatic rings. The normalized spacial score (nSPS) is 10.1. The molecule has 0 aliphatic heterocycles. The van der Waals surface area contributed by atoms with Crippen LogP contribution in [0.1, 0.15) is 16.8 Å². The first-order valence-electron chi connectivity index (χ1n) is 5.32. The van der Waals surface area contributed by atoms with Crippen molar-refractivity contribution in [2.75, 3.05) is 0 Å². The molecule has 0 atom stereocenters. The zero-order valence-electron chi connectivity index (χ0n) is 9.70. The summed E-state index contributed by atoms with van der Waals surface area (Å²) in [4.78, 5) is 7.37. The third-order valence-electron chi connectivity index (χ3n) is 2.60. The number of H-pyrrole nitrogens is 1. The quantitative estimate of drug-likeness (QED) is 0.675. The minimum Gasteiger partial charge on any atom is -0.342 e. The fourth-order valence-electron chi connectivity index (χ4n) is 1.61. The average molecular weight is 320 g/mol. The van der Waals surface area contributed by atoms with Crippen molar-refractivity contribution < 1.29 is 0 Å². The monoisotopic (exact) mass is 319 g/mol. The lowest BCUT2D eigenvalue weighted by atomic mass is 10.1. The number of alkyl halides is 1. The van der Waals surface area contributed by atoms with Gasteiger partial charge in [0.2, 0.25) is 0 Å². The van der Waals surface area contributed by atoms with Crippen molar-refractivity contribution in [1.82, 2.24) is 9.97 Å². The standard InChI is InChI=1S/C13H10BrN3S/c1-8-11(7-15)13(18)17-12(16-8)10-4-2-9(6-14)3-5-10/h2-5H,6H2,1H3,(H,16,17,18). The number of benzene rings is 1. The third-order valence-corrected chi connectivity index (χ3v) is 3.54. The fourth-order valence-corrected chi connectivity index (χ4v) is 2.27. The van der Waals surface area contributed by atoms with Gasteiger partial charge >= 0.3 is 0 Å². The van der Waals surface area contributed by atoms with E-state index in [1.54, 1.807) is 0 Å². The van der Waals surface area contributed by atoms with E-state index in [0.29, 0.717) is 16.0 Å². The van der Waals surface area contributed by atoms with Gasteiger partial charge in [0.05, 0.1) is 0 Å². The number of nitrogens with zero attached hydrogens (tertiary/aromatic N) is 2. The van der Waals surface area contributed by atoms with Crippen LogP contribution in [0.4, 0.5) is 0 Å². The van der Waals surface area contributed by atoms with Crippen LogP contribution in [0.2, 0.25) is 0 Å². The minimum atomic E-state index is 0.341. The van der Waals surface area contributed by atoms with Crippen molar-refractivity contribution in [3.8, 4) is 17.5 Å². The maximum atomic E-state index is 8.95. The van der Waals surface area contributed by atoms with Crippen molar-refractivity contribution in [3.05, 3.63) is 45.7 Å². The highest BCUT2D eigenvalue weighted by atomic mass is 79.9. The summed E-state index contributed by atoms with van der Waals surface area (Å²) in [6.07, 6.45) is 0. The Labute approximate surface area is 119 Å². The molecular formula is C13H10BrN3S. The predicted molar refractivity (Wildman–Crippen MR) is 76.9 cm³/mol. The summed E-state index contributed by atoms with van der Waals surface area (Å²) in [6, 6.07) is 10.1. The molecule has 2 rings (SSSR count). The lowest BCUT2D eigenvalue weighted by Crippen LogP contribution is -1.97. The Bertz CT molecular complexity index is 668. The van der Waals surface area contributed by atoms with Crippen LogP contribution in [0.25, 0.3) is 11.4 Å². The van der Waals surface area contributed by atoms with Crippen molar-refractivity contribution >= 4 is 28.1 Å². The van der Waals surface area contributed by atoms with Gasteiger partial charge in [0.25, 0.3) is 0 Å². The molecule has 0 spiro atoms. The molecule has 1 heterocycles. The van der Waals surface area contributed by atoms with Gasteiger partial charge in [-0.25, -0.2) is 4.98 Å². The summed E-state index contributed by atoms with van der Waals surface area (Å²) < 4.78 is 0.341. The molecular weight excluding hydrogens is 310 g/mol. The topological polar surface area (TPSA) is 52.5 Å². The maximum Gasteiger partial charge on any atom is 0.148 e. The highest BCUT2D eigenvalue weighted by molar-refractivity contribution is 9.08. The van der Waals surface area contributed by atoms with Crippen LogP contribution in [0.3, 0.4) is 0 Å².